The first-order valence-electron chi connectivity index (χ1n) is 12.9. The van der Waals surface area contributed by atoms with Crippen LogP contribution in [0.3, 0.4) is 0 Å². The fourth-order valence-electron chi connectivity index (χ4n) is 5.04. The quantitative estimate of drug-likeness (QED) is 0.154. The Hall–Kier alpha value is -3.95. The van der Waals surface area contributed by atoms with Crippen molar-refractivity contribution in [2.75, 3.05) is 0 Å². The molecule has 4 aromatic carbocycles. The maximum Gasteiger partial charge on any atom is 0.356 e. The number of aliphatic carboxylic acids is 1. The van der Waals surface area contributed by atoms with Gasteiger partial charge < -0.3 is 5.11 Å². The van der Waals surface area contributed by atoms with Gasteiger partial charge in [0.05, 0.1) is 4.24 Å². The molecule has 0 fully saturated rings. The molecule has 0 unspecified atom stereocenters. The molecule has 1 N–H and O–H groups in total. The minimum atomic E-state index is -1.20. The zero-order valence-electron chi connectivity index (χ0n) is 21.5. The third-order valence-electron chi connectivity index (χ3n) is 7.00. The van der Waals surface area contributed by atoms with Crippen LogP contribution in [0.15, 0.2) is 117 Å². The lowest BCUT2D eigenvalue weighted by atomic mass is 9.36. The highest BCUT2D eigenvalue weighted by Gasteiger charge is 2.33. The van der Waals surface area contributed by atoms with E-state index in [0.29, 0.717) is 26.3 Å². The molecule has 6 rings (SSSR count). The normalized spacial score (nSPS) is 15.8. The Kier molecular flexibility index (Phi) is 7.64. The summed E-state index contributed by atoms with van der Waals surface area (Å²) in [4.78, 5) is 19.7. The second-order valence-corrected chi connectivity index (χ2v) is 12.0. The van der Waals surface area contributed by atoms with E-state index in [1.165, 1.54) is 77.6 Å². The first-order chi connectivity index (χ1) is 19.9. The summed E-state index contributed by atoms with van der Waals surface area (Å²) in [5, 5.41) is 10.4. The summed E-state index contributed by atoms with van der Waals surface area (Å²) in [6.07, 6.45) is 1.68. The van der Waals surface area contributed by atoms with Gasteiger partial charge in [0.25, 0.3) is 6.71 Å². The molecule has 4 aromatic rings. The number of hydrogen-bond acceptors (Lipinski definition) is 4. The van der Waals surface area contributed by atoms with Gasteiger partial charge in [-0.05, 0) is 65.9 Å². The van der Waals surface area contributed by atoms with Gasteiger partial charge in [0, 0.05) is 15.4 Å². The maximum absolute atomic E-state index is 14.0. The highest BCUT2D eigenvalue weighted by Crippen LogP contribution is 2.58. The first-order valence-corrected chi connectivity index (χ1v) is 14.5. The molecule has 0 spiro atoms. The maximum atomic E-state index is 14.0. The largest absolute Gasteiger partial charge is 0.476 e. The SMILES string of the molecule is O=C(O)C(N=C(B(c1ccc(F)cc1)c1ccc(F)cc1)c1ccc(F)cc1)=C1SC2=C(S1)c1ccccc1CC2. The smallest absolute Gasteiger partial charge is 0.356 e. The Labute approximate surface area is 244 Å². The molecule has 41 heavy (non-hydrogen) atoms. The van der Waals surface area contributed by atoms with Crippen LogP contribution in [-0.4, -0.2) is 23.4 Å². The zero-order valence-corrected chi connectivity index (χ0v) is 23.1. The summed E-state index contributed by atoms with van der Waals surface area (Å²) < 4.78 is 42.4. The summed E-state index contributed by atoms with van der Waals surface area (Å²) in [6.45, 7) is -0.698. The highest BCUT2D eigenvalue weighted by molar-refractivity contribution is 8.31. The number of hydrogen-bond donors (Lipinski definition) is 1. The molecule has 1 aliphatic heterocycles. The molecular formula is C32H21BF3NO2S2. The molecule has 3 nitrogen and oxygen atoms in total. The predicted octanol–water partition coefficient (Wildman–Crippen LogP) is 6.79. The van der Waals surface area contributed by atoms with Crippen LogP contribution in [0.5, 0.6) is 0 Å². The van der Waals surface area contributed by atoms with E-state index >= 15 is 0 Å². The number of fused-ring (bicyclic) bond motifs is 2. The third-order valence-corrected chi connectivity index (χ3v) is 9.71. The summed E-state index contributed by atoms with van der Waals surface area (Å²) in [5.41, 5.74) is 4.23. The van der Waals surface area contributed by atoms with E-state index in [0.717, 1.165) is 28.2 Å². The first kappa shape index (κ1) is 27.2. The van der Waals surface area contributed by atoms with Crippen molar-refractivity contribution in [3.63, 3.8) is 0 Å². The molecule has 1 aliphatic carbocycles. The van der Waals surface area contributed by atoms with Crippen LogP contribution in [0, 0.1) is 17.5 Å². The van der Waals surface area contributed by atoms with Gasteiger partial charge in [-0.1, -0.05) is 95.1 Å². The lowest BCUT2D eigenvalue weighted by Gasteiger charge is -2.19. The fraction of sp³-hybridized carbons (Fsp3) is 0.0625. The van der Waals surface area contributed by atoms with Gasteiger partial charge in [-0.15, -0.1) is 0 Å². The number of aliphatic imine (C=N–C) groups is 1. The summed E-state index contributed by atoms with van der Waals surface area (Å²) in [5.74, 6) is -2.53. The van der Waals surface area contributed by atoms with Gasteiger partial charge in [-0.2, -0.15) is 0 Å². The minimum absolute atomic E-state index is 0.138. The Morgan fingerprint density at radius 3 is 1.88 bits per heavy atom. The van der Waals surface area contributed by atoms with E-state index in [2.05, 4.69) is 6.07 Å². The lowest BCUT2D eigenvalue weighted by molar-refractivity contribution is -0.132. The molecule has 0 bridgehead atoms. The predicted molar refractivity (Wildman–Crippen MR) is 162 cm³/mol. The monoisotopic (exact) mass is 583 g/mol. The van der Waals surface area contributed by atoms with Crippen LogP contribution >= 0.6 is 23.5 Å². The van der Waals surface area contributed by atoms with Crippen molar-refractivity contribution in [2.24, 2.45) is 4.99 Å². The van der Waals surface area contributed by atoms with E-state index in [1.807, 2.05) is 18.2 Å². The van der Waals surface area contributed by atoms with Crippen molar-refractivity contribution < 1.29 is 23.1 Å². The Morgan fingerprint density at radius 2 is 1.29 bits per heavy atom. The Balaban J connectivity index is 1.53. The molecule has 0 saturated carbocycles. The van der Waals surface area contributed by atoms with E-state index in [9.17, 15) is 23.1 Å². The average Bonchev–Trinajstić information content (AvgIpc) is 3.42. The number of rotatable bonds is 6. The minimum Gasteiger partial charge on any atom is -0.476 e. The van der Waals surface area contributed by atoms with Gasteiger partial charge in [-0.25, -0.2) is 18.0 Å². The number of thioether (sulfide) groups is 2. The number of halogens is 3. The number of carboxylic acids is 1. The molecule has 0 radical (unpaired) electrons. The molecule has 2 aliphatic rings. The Bertz CT molecular complexity index is 1690. The van der Waals surface area contributed by atoms with Gasteiger partial charge in [0.15, 0.2) is 5.70 Å². The third kappa shape index (κ3) is 5.65. The van der Waals surface area contributed by atoms with Crippen LogP contribution in [0.2, 0.25) is 0 Å². The fourth-order valence-corrected chi connectivity index (χ4v) is 7.81. The van der Waals surface area contributed by atoms with Gasteiger partial charge >= 0.3 is 5.97 Å². The van der Waals surface area contributed by atoms with Crippen molar-refractivity contribution in [3.8, 4) is 0 Å². The highest BCUT2D eigenvalue weighted by atomic mass is 32.2. The summed E-state index contributed by atoms with van der Waals surface area (Å²) in [7, 11) is 0. The second-order valence-electron chi connectivity index (χ2n) is 9.59. The molecular weight excluding hydrogens is 562 g/mol. The molecule has 0 amide bonds. The lowest BCUT2D eigenvalue weighted by Crippen LogP contribution is -2.50. The topological polar surface area (TPSA) is 49.7 Å². The summed E-state index contributed by atoms with van der Waals surface area (Å²) in [6, 6.07) is 25.3. The molecule has 202 valence electrons. The van der Waals surface area contributed by atoms with Crippen LogP contribution in [0.25, 0.3) is 4.91 Å². The molecule has 0 aromatic heterocycles. The van der Waals surface area contributed by atoms with E-state index in [1.54, 1.807) is 24.3 Å². The van der Waals surface area contributed by atoms with Crippen molar-refractivity contribution in [1.29, 1.82) is 0 Å². The van der Waals surface area contributed by atoms with E-state index in [4.69, 9.17) is 4.99 Å². The molecule has 9 heteroatoms. The van der Waals surface area contributed by atoms with Crippen LogP contribution in [0.1, 0.15) is 23.1 Å². The Morgan fingerprint density at radius 1 is 0.732 bits per heavy atom. The zero-order chi connectivity index (χ0) is 28.5. The average molecular weight is 583 g/mol. The van der Waals surface area contributed by atoms with Crippen molar-refractivity contribution in [3.05, 3.63) is 146 Å². The second kappa shape index (κ2) is 11.5. The van der Waals surface area contributed by atoms with Gasteiger partial charge in [0.2, 0.25) is 0 Å². The number of carboxylic acid groups (broad SMARTS) is 1. The van der Waals surface area contributed by atoms with Crippen LogP contribution in [-0.2, 0) is 11.2 Å². The molecule has 0 atom stereocenters. The number of nitrogens with zero attached hydrogens (tertiary/aromatic N) is 1. The number of carbonyl (C=O) groups is 1. The van der Waals surface area contributed by atoms with Crippen LogP contribution in [0.4, 0.5) is 13.2 Å². The van der Waals surface area contributed by atoms with Crippen molar-refractivity contribution in [1.82, 2.24) is 0 Å². The van der Waals surface area contributed by atoms with Gasteiger partial charge in [-0.3, -0.25) is 4.99 Å². The number of allylic oxidation sites excluding steroid dienone is 1. The molecule has 0 saturated heterocycles. The van der Waals surface area contributed by atoms with Crippen molar-refractivity contribution >= 4 is 57.6 Å². The summed E-state index contributed by atoms with van der Waals surface area (Å²) >= 11 is 2.81. The van der Waals surface area contributed by atoms with Crippen LogP contribution < -0.4 is 10.9 Å². The van der Waals surface area contributed by atoms with Gasteiger partial charge in [0.1, 0.15) is 17.5 Å². The number of benzene rings is 4. The molecule has 1 heterocycles. The van der Waals surface area contributed by atoms with E-state index in [-0.39, 0.29) is 5.70 Å². The standard InChI is InChI=1S/C32H21BF3NO2S2/c34-23-12-5-20(6-13-23)30(33(21-8-14-24(35)15-9-21)22-10-16-25(36)17-11-22)37-28(31(38)39)32-40-27-18-7-19-3-1-2-4-26(19)29(27)41-32/h1-6,8-17H,7,18H2,(H,38,39). The number of aryl methyl sites for hydroxylation is 1. The van der Waals surface area contributed by atoms with Crippen molar-refractivity contribution in [2.45, 2.75) is 12.8 Å². The van der Waals surface area contributed by atoms with E-state index < -0.39 is 30.1 Å².